The van der Waals surface area contributed by atoms with Crippen LogP contribution in [0.4, 0.5) is 5.69 Å². The molecule has 178 valence electrons. The zero-order chi connectivity index (χ0) is 21.5. The maximum atomic E-state index is 12.7. The molecule has 7 nitrogen and oxygen atoms in total. The normalized spacial score (nSPS) is 22.7. The van der Waals surface area contributed by atoms with Gasteiger partial charge in [-0.3, -0.25) is 9.69 Å². The van der Waals surface area contributed by atoms with Crippen LogP contribution in [-0.4, -0.2) is 86.1 Å². The van der Waals surface area contributed by atoms with Gasteiger partial charge < -0.3 is 20.4 Å². The number of nitrogens with zero attached hydrogens (tertiary/aromatic N) is 4. The van der Waals surface area contributed by atoms with E-state index in [1.165, 1.54) is 37.9 Å². The second-order valence-electron chi connectivity index (χ2n) is 8.96. The molecule has 4 rings (SSSR count). The predicted octanol–water partition coefficient (Wildman–Crippen LogP) is 2.53. The molecule has 3 aliphatic rings. The molecule has 1 aromatic rings. The summed E-state index contributed by atoms with van der Waals surface area (Å²) in [4.78, 5) is 24.3. The number of rotatable bonds is 6. The van der Waals surface area contributed by atoms with E-state index in [1.54, 1.807) is 0 Å². The van der Waals surface area contributed by atoms with Crippen LogP contribution in [0.1, 0.15) is 39.0 Å². The van der Waals surface area contributed by atoms with Crippen molar-refractivity contribution in [3.8, 4) is 0 Å². The van der Waals surface area contributed by atoms with Crippen molar-refractivity contribution in [2.45, 2.75) is 51.1 Å². The van der Waals surface area contributed by atoms with Gasteiger partial charge in [0.1, 0.15) is 6.54 Å². The van der Waals surface area contributed by atoms with Crippen molar-refractivity contribution >= 4 is 41.5 Å². The number of likely N-dealkylation sites (tertiary alicyclic amines) is 1. The molecule has 0 radical (unpaired) electrons. The number of hydrogen-bond acceptors (Lipinski definition) is 4. The second kappa shape index (κ2) is 12.6. The number of aliphatic imine (C=N–C) groups is 1. The number of para-hydroxylation sites is 1. The predicted molar refractivity (Wildman–Crippen MR) is 142 cm³/mol. The van der Waals surface area contributed by atoms with Gasteiger partial charge in [-0.15, -0.1) is 24.0 Å². The van der Waals surface area contributed by atoms with Crippen molar-refractivity contribution < 1.29 is 4.79 Å². The van der Waals surface area contributed by atoms with E-state index in [4.69, 9.17) is 0 Å². The van der Waals surface area contributed by atoms with E-state index >= 15 is 0 Å². The summed E-state index contributed by atoms with van der Waals surface area (Å²) < 4.78 is 0. The van der Waals surface area contributed by atoms with Crippen LogP contribution in [-0.2, 0) is 4.79 Å². The molecule has 1 unspecified atom stereocenters. The maximum Gasteiger partial charge on any atom is 0.244 e. The molecule has 1 aromatic carbocycles. The van der Waals surface area contributed by atoms with Crippen LogP contribution in [0.15, 0.2) is 35.3 Å². The Morgan fingerprint density at radius 1 is 1.03 bits per heavy atom. The first kappa shape index (κ1) is 25.1. The second-order valence-corrected chi connectivity index (χ2v) is 8.96. The number of carbonyl (C=O) groups excluding carboxylic acids is 1. The highest BCUT2D eigenvalue weighted by Crippen LogP contribution is 2.26. The largest absolute Gasteiger partial charge is 0.368 e. The number of benzene rings is 1. The SMILES string of the molecule is CCNC(=NCC(=O)N1CCN(c2ccccc2)CC1)NC1CCN(C2CCCC2)C1.I. The minimum Gasteiger partial charge on any atom is -0.368 e. The molecule has 0 aromatic heterocycles. The average Bonchev–Trinajstić information content (AvgIpc) is 3.50. The van der Waals surface area contributed by atoms with E-state index in [0.717, 1.165) is 57.7 Å². The molecule has 1 saturated carbocycles. The van der Waals surface area contributed by atoms with Crippen molar-refractivity contribution in [1.29, 1.82) is 0 Å². The van der Waals surface area contributed by atoms with Crippen molar-refractivity contribution in [3.63, 3.8) is 0 Å². The highest BCUT2D eigenvalue weighted by molar-refractivity contribution is 14.0. The fourth-order valence-corrected chi connectivity index (χ4v) is 5.12. The van der Waals surface area contributed by atoms with Gasteiger partial charge in [0.05, 0.1) is 0 Å². The smallest absolute Gasteiger partial charge is 0.244 e. The van der Waals surface area contributed by atoms with E-state index in [9.17, 15) is 4.79 Å². The summed E-state index contributed by atoms with van der Waals surface area (Å²) in [5.74, 6) is 0.890. The van der Waals surface area contributed by atoms with Crippen LogP contribution in [0.2, 0.25) is 0 Å². The topological polar surface area (TPSA) is 63.2 Å². The van der Waals surface area contributed by atoms with Crippen LogP contribution >= 0.6 is 24.0 Å². The zero-order valence-electron chi connectivity index (χ0n) is 19.3. The number of carbonyl (C=O) groups is 1. The van der Waals surface area contributed by atoms with Crippen LogP contribution in [0.5, 0.6) is 0 Å². The molecule has 32 heavy (non-hydrogen) atoms. The Balaban J connectivity index is 0.00000289. The highest BCUT2D eigenvalue weighted by Gasteiger charge is 2.30. The molecule has 2 N–H and O–H groups in total. The molecule has 2 saturated heterocycles. The number of amides is 1. The first-order chi connectivity index (χ1) is 15.2. The monoisotopic (exact) mass is 554 g/mol. The van der Waals surface area contributed by atoms with E-state index in [2.05, 4.69) is 56.6 Å². The Kier molecular flexibility index (Phi) is 9.90. The first-order valence-corrected chi connectivity index (χ1v) is 12.1. The summed E-state index contributed by atoms with van der Waals surface area (Å²) >= 11 is 0. The van der Waals surface area contributed by atoms with Gasteiger partial charge in [0, 0.05) is 63.6 Å². The van der Waals surface area contributed by atoms with E-state index in [0.29, 0.717) is 6.04 Å². The standard InChI is InChI=1S/C24H38N6O.HI/c1-2-25-24(27-20-12-13-30(19-20)22-10-6-7-11-22)26-18-23(31)29-16-14-28(15-17-29)21-8-4-3-5-9-21;/h3-5,8-9,20,22H,2,6-7,10-19H2,1H3,(H2,25,26,27);1H. The number of halogens is 1. The lowest BCUT2D eigenvalue weighted by molar-refractivity contribution is -0.129. The molecule has 2 heterocycles. The minimum absolute atomic E-state index is 0. The van der Waals surface area contributed by atoms with Gasteiger partial charge in [-0.2, -0.15) is 0 Å². The molecule has 1 atom stereocenters. The highest BCUT2D eigenvalue weighted by atomic mass is 127. The lowest BCUT2D eigenvalue weighted by Gasteiger charge is -2.36. The van der Waals surface area contributed by atoms with Gasteiger partial charge >= 0.3 is 0 Å². The van der Waals surface area contributed by atoms with Gasteiger partial charge in [0.15, 0.2) is 5.96 Å². The first-order valence-electron chi connectivity index (χ1n) is 12.1. The Hall–Kier alpha value is -1.55. The Labute approximate surface area is 210 Å². The number of piperazine rings is 1. The third-order valence-electron chi connectivity index (χ3n) is 6.87. The van der Waals surface area contributed by atoms with E-state index in [1.807, 2.05) is 11.0 Å². The molecule has 2 aliphatic heterocycles. The molecule has 0 spiro atoms. The van der Waals surface area contributed by atoms with Crippen molar-refractivity contribution in [3.05, 3.63) is 30.3 Å². The van der Waals surface area contributed by atoms with Crippen molar-refractivity contribution in [1.82, 2.24) is 20.4 Å². The summed E-state index contributed by atoms with van der Waals surface area (Å²) in [6.07, 6.45) is 6.62. The van der Waals surface area contributed by atoms with E-state index in [-0.39, 0.29) is 36.4 Å². The fraction of sp³-hybridized carbons (Fsp3) is 0.667. The zero-order valence-corrected chi connectivity index (χ0v) is 21.7. The van der Waals surface area contributed by atoms with Gasteiger partial charge in [-0.05, 0) is 38.3 Å². The fourth-order valence-electron chi connectivity index (χ4n) is 5.12. The molecule has 1 aliphatic carbocycles. The summed E-state index contributed by atoms with van der Waals surface area (Å²) in [5, 5.41) is 6.90. The van der Waals surface area contributed by atoms with Crippen LogP contribution in [0.25, 0.3) is 0 Å². The summed E-state index contributed by atoms with van der Waals surface area (Å²) in [6, 6.07) is 11.6. The van der Waals surface area contributed by atoms with E-state index < -0.39 is 0 Å². The minimum atomic E-state index is 0. The third-order valence-corrected chi connectivity index (χ3v) is 6.87. The summed E-state index contributed by atoms with van der Waals surface area (Å²) in [7, 11) is 0. The molecular formula is C24H39IN6O. The van der Waals surface area contributed by atoms with Crippen LogP contribution in [0.3, 0.4) is 0 Å². The lowest BCUT2D eigenvalue weighted by atomic mass is 10.2. The Morgan fingerprint density at radius 3 is 2.44 bits per heavy atom. The average molecular weight is 555 g/mol. The lowest BCUT2D eigenvalue weighted by Crippen LogP contribution is -2.50. The number of guanidine groups is 1. The third kappa shape index (κ3) is 6.73. The number of nitrogens with one attached hydrogen (secondary N) is 2. The van der Waals surface area contributed by atoms with Gasteiger partial charge in [-0.1, -0.05) is 31.0 Å². The number of hydrogen-bond donors (Lipinski definition) is 2. The summed E-state index contributed by atoms with van der Waals surface area (Å²) in [6.45, 7) is 8.60. The van der Waals surface area contributed by atoms with Crippen LogP contribution in [0, 0.1) is 0 Å². The van der Waals surface area contributed by atoms with Crippen molar-refractivity contribution in [2.24, 2.45) is 4.99 Å². The Morgan fingerprint density at radius 2 is 1.75 bits per heavy atom. The van der Waals surface area contributed by atoms with Crippen LogP contribution < -0.4 is 15.5 Å². The molecule has 0 bridgehead atoms. The molecule has 1 amide bonds. The molecular weight excluding hydrogens is 515 g/mol. The summed E-state index contributed by atoms with van der Waals surface area (Å²) in [5.41, 5.74) is 1.23. The van der Waals surface area contributed by atoms with Gasteiger partial charge in [0.25, 0.3) is 0 Å². The molecule has 3 fully saturated rings. The Bertz CT molecular complexity index is 731. The molecule has 8 heteroatoms. The maximum absolute atomic E-state index is 12.7. The van der Waals surface area contributed by atoms with Gasteiger partial charge in [0.2, 0.25) is 5.91 Å². The van der Waals surface area contributed by atoms with Gasteiger partial charge in [-0.25, -0.2) is 4.99 Å². The number of anilines is 1. The quantitative estimate of drug-likeness (QED) is 0.322. The van der Waals surface area contributed by atoms with Crippen molar-refractivity contribution in [2.75, 3.05) is 57.3 Å².